The van der Waals surface area contributed by atoms with Gasteiger partial charge in [-0.1, -0.05) is 17.7 Å². The molecule has 1 unspecified atom stereocenters. The predicted octanol–water partition coefficient (Wildman–Crippen LogP) is 1.87. The number of phenols is 1. The molecular weight excluding hydrogens is 212 g/mol. The molecule has 2 rings (SSSR count). The minimum atomic E-state index is 0.383. The lowest BCUT2D eigenvalue weighted by molar-refractivity contribution is 0.213. The first kappa shape index (κ1) is 12.4. The van der Waals surface area contributed by atoms with Crippen molar-refractivity contribution >= 4 is 0 Å². The summed E-state index contributed by atoms with van der Waals surface area (Å²) in [5, 5.41) is 9.83. The smallest absolute Gasteiger partial charge is 0.120 e. The van der Waals surface area contributed by atoms with Crippen molar-refractivity contribution in [3.63, 3.8) is 0 Å². The molecule has 3 N–H and O–H groups in total. The lowest BCUT2D eigenvalue weighted by atomic mass is 10.1. The minimum Gasteiger partial charge on any atom is -0.508 e. The van der Waals surface area contributed by atoms with E-state index in [0.717, 1.165) is 18.0 Å². The van der Waals surface area contributed by atoms with Gasteiger partial charge >= 0.3 is 0 Å². The molecule has 1 aliphatic carbocycles. The van der Waals surface area contributed by atoms with Crippen molar-refractivity contribution in [2.75, 3.05) is 13.6 Å². The van der Waals surface area contributed by atoms with Gasteiger partial charge in [0.1, 0.15) is 5.75 Å². The molecule has 1 atom stereocenters. The van der Waals surface area contributed by atoms with Crippen LogP contribution in [-0.4, -0.2) is 29.6 Å². The number of aromatic hydroxyl groups is 1. The Balaban J connectivity index is 2.05. The SMILES string of the molecule is Cc1ccc(O)c(CN(C)C(CN)C2CC2)c1. The molecule has 1 saturated carbocycles. The molecule has 0 spiro atoms. The summed E-state index contributed by atoms with van der Waals surface area (Å²) < 4.78 is 0. The van der Waals surface area contributed by atoms with E-state index in [-0.39, 0.29) is 0 Å². The summed E-state index contributed by atoms with van der Waals surface area (Å²) in [5.41, 5.74) is 8.01. The summed E-state index contributed by atoms with van der Waals surface area (Å²) in [7, 11) is 2.09. The molecule has 1 aliphatic rings. The second-order valence-corrected chi connectivity index (χ2v) is 5.19. The second kappa shape index (κ2) is 5.07. The topological polar surface area (TPSA) is 49.5 Å². The van der Waals surface area contributed by atoms with Gasteiger partial charge in [-0.3, -0.25) is 4.90 Å². The standard InChI is InChI=1S/C14H22N2O/c1-10-3-6-14(17)12(7-10)9-16(2)13(8-15)11-4-5-11/h3,6-7,11,13,17H,4-5,8-9,15H2,1-2H3. The highest BCUT2D eigenvalue weighted by Crippen LogP contribution is 2.35. The fourth-order valence-corrected chi connectivity index (χ4v) is 2.44. The number of nitrogens with two attached hydrogens (primary N) is 1. The summed E-state index contributed by atoms with van der Waals surface area (Å²) in [6.07, 6.45) is 2.60. The van der Waals surface area contributed by atoms with Gasteiger partial charge in [0.15, 0.2) is 0 Å². The predicted molar refractivity (Wildman–Crippen MR) is 69.9 cm³/mol. The normalized spacial score (nSPS) is 17.4. The van der Waals surface area contributed by atoms with Crippen molar-refractivity contribution in [2.24, 2.45) is 11.7 Å². The number of benzene rings is 1. The van der Waals surface area contributed by atoms with Gasteiger partial charge in [-0.2, -0.15) is 0 Å². The van der Waals surface area contributed by atoms with E-state index in [4.69, 9.17) is 5.73 Å². The number of phenolic OH excluding ortho intramolecular Hbond substituents is 1. The third-order valence-electron chi connectivity index (χ3n) is 3.63. The number of likely N-dealkylation sites (N-methyl/N-ethyl adjacent to an activating group) is 1. The van der Waals surface area contributed by atoms with Crippen molar-refractivity contribution in [1.29, 1.82) is 0 Å². The van der Waals surface area contributed by atoms with Crippen LogP contribution in [0.2, 0.25) is 0 Å². The molecule has 3 nitrogen and oxygen atoms in total. The summed E-state index contributed by atoms with van der Waals surface area (Å²) >= 11 is 0. The summed E-state index contributed by atoms with van der Waals surface area (Å²) in [6, 6.07) is 6.20. The van der Waals surface area contributed by atoms with Crippen LogP contribution in [0.5, 0.6) is 5.75 Å². The van der Waals surface area contributed by atoms with E-state index in [0.29, 0.717) is 18.3 Å². The molecule has 0 heterocycles. The van der Waals surface area contributed by atoms with E-state index >= 15 is 0 Å². The molecule has 0 bridgehead atoms. The molecule has 0 radical (unpaired) electrons. The van der Waals surface area contributed by atoms with Gasteiger partial charge in [0, 0.05) is 24.7 Å². The van der Waals surface area contributed by atoms with Crippen LogP contribution in [0, 0.1) is 12.8 Å². The number of hydrogen-bond acceptors (Lipinski definition) is 3. The van der Waals surface area contributed by atoms with Gasteiger partial charge in [0.25, 0.3) is 0 Å². The third kappa shape index (κ3) is 2.99. The molecule has 0 saturated heterocycles. The van der Waals surface area contributed by atoms with E-state index in [1.54, 1.807) is 6.07 Å². The zero-order chi connectivity index (χ0) is 12.4. The van der Waals surface area contributed by atoms with E-state index in [9.17, 15) is 5.11 Å². The molecule has 0 aromatic heterocycles. The highest BCUT2D eigenvalue weighted by atomic mass is 16.3. The Kier molecular flexibility index (Phi) is 3.69. The Morgan fingerprint density at radius 3 is 2.76 bits per heavy atom. The zero-order valence-corrected chi connectivity index (χ0v) is 10.7. The molecule has 0 amide bonds. The van der Waals surface area contributed by atoms with E-state index in [1.807, 2.05) is 19.1 Å². The maximum absolute atomic E-state index is 9.83. The van der Waals surface area contributed by atoms with Crippen molar-refractivity contribution in [3.8, 4) is 5.75 Å². The van der Waals surface area contributed by atoms with E-state index in [2.05, 4.69) is 11.9 Å². The van der Waals surface area contributed by atoms with Gasteiger partial charge in [0.2, 0.25) is 0 Å². The second-order valence-electron chi connectivity index (χ2n) is 5.19. The molecule has 1 fully saturated rings. The molecule has 94 valence electrons. The number of aryl methyl sites for hydroxylation is 1. The lowest BCUT2D eigenvalue weighted by Gasteiger charge is -2.27. The van der Waals surface area contributed by atoms with Crippen molar-refractivity contribution in [1.82, 2.24) is 4.90 Å². The van der Waals surface area contributed by atoms with Crippen molar-refractivity contribution in [2.45, 2.75) is 32.4 Å². The maximum atomic E-state index is 9.83. The highest BCUT2D eigenvalue weighted by molar-refractivity contribution is 5.35. The van der Waals surface area contributed by atoms with Gasteiger partial charge in [-0.25, -0.2) is 0 Å². The number of nitrogens with zero attached hydrogens (tertiary/aromatic N) is 1. The molecule has 1 aromatic rings. The monoisotopic (exact) mass is 234 g/mol. The lowest BCUT2D eigenvalue weighted by Crippen LogP contribution is -2.39. The van der Waals surface area contributed by atoms with Crippen LogP contribution in [0.15, 0.2) is 18.2 Å². The Morgan fingerprint density at radius 2 is 2.18 bits per heavy atom. The van der Waals surface area contributed by atoms with Gasteiger partial charge < -0.3 is 10.8 Å². The van der Waals surface area contributed by atoms with Crippen LogP contribution >= 0.6 is 0 Å². The zero-order valence-electron chi connectivity index (χ0n) is 10.7. The highest BCUT2D eigenvalue weighted by Gasteiger charge is 2.32. The summed E-state index contributed by atoms with van der Waals surface area (Å²) in [4.78, 5) is 2.27. The number of hydrogen-bond donors (Lipinski definition) is 2. The van der Waals surface area contributed by atoms with Crippen LogP contribution in [0.3, 0.4) is 0 Å². The van der Waals surface area contributed by atoms with Crippen LogP contribution in [-0.2, 0) is 6.54 Å². The molecular formula is C14H22N2O. The van der Waals surface area contributed by atoms with Crippen LogP contribution in [0.25, 0.3) is 0 Å². The number of rotatable bonds is 5. The minimum absolute atomic E-state index is 0.383. The summed E-state index contributed by atoms with van der Waals surface area (Å²) in [6.45, 7) is 3.52. The summed E-state index contributed by atoms with van der Waals surface area (Å²) in [5.74, 6) is 1.14. The Hall–Kier alpha value is -1.06. The van der Waals surface area contributed by atoms with Crippen molar-refractivity contribution < 1.29 is 5.11 Å². The Morgan fingerprint density at radius 1 is 1.47 bits per heavy atom. The molecule has 1 aromatic carbocycles. The van der Waals surface area contributed by atoms with Crippen LogP contribution in [0.1, 0.15) is 24.0 Å². The first-order valence-electron chi connectivity index (χ1n) is 6.30. The van der Waals surface area contributed by atoms with Crippen LogP contribution in [0.4, 0.5) is 0 Å². The largest absolute Gasteiger partial charge is 0.508 e. The van der Waals surface area contributed by atoms with Gasteiger partial charge in [-0.05, 0) is 38.8 Å². The van der Waals surface area contributed by atoms with Gasteiger partial charge in [-0.15, -0.1) is 0 Å². The first-order chi connectivity index (χ1) is 8.11. The first-order valence-corrected chi connectivity index (χ1v) is 6.30. The average Bonchev–Trinajstić information content (AvgIpc) is 3.09. The fourth-order valence-electron chi connectivity index (χ4n) is 2.44. The van der Waals surface area contributed by atoms with E-state index in [1.165, 1.54) is 18.4 Å². The van der Waals surface area contributed by atoms with Gasteiger partial charge in [0.05, 0.1) is 0 Å². The van der Waals surface area contributed by atoms with Crippen molar-refractivity contribution in [3.05, 3.63) is 29.3 Å². The molecule has 3 heteroatoms. The Bertz CT molecular complexity index is 388. The van der Waals surface area contributed by atoms with E-state index < -0.39 is 0 Å². The maximum Gasteiger partial charge on any atom is 0.120 e. The Labute approximate surface area is 103 Å². The third-order valence-corrected chi connectivity index (χ3v) is 3.63. The average molecular weight is 234 g/mol. The fraction of sp³-hybridized carbons (Fsp3) is 0.571. The van der Waals surface area contributed by atoms with Crippen LogP contribution < -0.4 is 5.73 Å². The molecule has 0 aliphatic heterocycles. The quantitative estimate of drug-likeness (QED) is 0.817. The molecule has 17 heavy (non-hydrogen) atoms.